The number of rotatable bonds is 4. The molecule has 126 valence electrons. The molecule has 1 aliphatic heterocycles. The van der Waals surface area contributed by atoms with Gasteiger partial charge in [0.2, 0.25) is 5.13 Å². The highest BCUT2D eigenvalue weighted by Gasteiger charge is 2.24. The molecule has 2 aromatic rings. The molecule has 3 rings (SSSR count). The van der Waals surface area contributed by atoms with Crippen molar-refractivity contribution in [2.45, 2.75) is 13.3 Å². The predicted molar refractivity (Wildman–Crippen MR) is 90.5 cm³/mol. The Morgan fingerprint density at radius 1 is 1.25 bits per heavy atom. The summed E-state index contributed by atoms with van der Waals surface area (Å²) in [4.78, 5) is 31.1. The fourth-order valence-electron chi connectivity index (χ4n) is 2.53. The van der Waals surface area contributed by atoms with Crippen LogP contribution in [0.3, 0.4) is 0 Å². The molecule has 0 spiro atoms. The molecular formula is C15H17N5O3S. The van der Waals surface area contributed by atoms with E-state index in [1.54, 1.807) is 4.90 Å². The lowest BCUT2D eigenvalue weighted by molar-refractivity contribution is -0.384. The molecule has 0 aliphatic carbocycles. The summed E-state index contributed by atoms with van der Waals surface area (Å²) in [6.07, 6.45) is 0.815. The number of carbonyl (C=O) groups excluding carboxylic acids is 1. The fraction of sp³-hybridized carbons (Fsp3) is 0.400. The Hall–Kier alpha value is -2.55. The minimum atomic E-state index is -0.473. The minimum Gasteiger partial charge on any atom is -0.343 e. The Morgan fingerprint density at radius 2 is 1.92 bits per heavy atom. The van der Waals surface area contributed by atoms with Crippen LogP contribution in [0.15, 0.2) is 24.3 Å². The number of hydrogen-bond donors (Lipinski definition) is 0. The Balaban J connectivity index is 1.61. The summed E-state index contributed by atoms with van der Waals surface area (Å²) in [6, 6.07) is 5.73. The van der Waals surface area contributed by atoms with Crippen LogP contribution in [0.5, 0.6) is 0 Å². The molecule has 1 aliphatic rings. The monoisotopic (exact) mass is 347 g/mol. The standard InChI is InChI=1S/C15H17N5O3S/c1-2-13-16-15(24-17-13)19-9-7-18(8-10-19)14(21)11-3-5-12(6-4-11)20(22)23/h3-6H,2,7-10H2,1H3. The van der Waals surface area contributed by atoms with E-state index in [9.17, 15) is 14.9 Å². The molecule has 0 N–H and O–H groups in total. The van der Waals surface area contributed by atoms with Crippen molar-refractivity contribution in [2.24, 2.45) is 0 Å². The third-order valence-corrected chi connectivity index (χ3v) is 4.75. The van der Waals surface area contributed by atoms with Crippen LogP contribution in [0, 0.1) is 10.1 Å². The Bertz CT molecular complexity index is 738. The third kappa shape index (κ3) is 3.35. The van der Waals surface area contributed by atoms with Gasteiger partial charge >= 0.3 is 0 Å². The van der Waals surface area contributed by atoms with Crippen molar-refractivity contribution in [2.75, 3.05) is 31.1 Å². The maximum Gasteiger partial charge on any atom is 0.269 e. The van der Waals surface area contributed by atoms with Crippen LogP contribution in [0.1, 0.15) is 23.1 Å². The van der Waals surface area contributed by atoms with Crippen LogP contribution < -0.4 is 4.90 Å². The quantitative estimate of drug-likeness (QED) is 0.620. The van der Waals surface area contributed by atoms with Crippen LogP contribution in [0.25, 0.3) is 0 Å². The zero-order valence-corrected chi connectivity index (χ0v) is 14.0. The summed E-state index contributed by atoms with van der Waals surface area (Å²) in [5, 5.41) is 11.6. The van der Waals surface area contributed by atoms with Crippen molar-refractivity contribution in [1.82, 2.24) is 14.3 Å². The lowest BCUT2D eigenvalue weighted by atomic mass is 10.1. The lowest BCUT2D eigenvalue weighted by Gasteiger charge is -2.34. The van der Waals surface area contributed by atoms with Crippen LogP contribution in [-0.2, 0) is 6.42 Å². The molecule has 9 heteroatoms. The van der Waals surface area contributed by atoms with E-state index in [0.29, 0.717) is 31.7 Å². The molecule has 24 heavy (non-hydrogen) atoms. The predicted octanol–water partition coefficient (Wildman–Crippen LogP) is 1.97. The molecular weight excluding hydrogens is 330 g/mol. The van der Waals surface area contributed by atoms with Gasteiger partial charge in [-0.15, -0.1) is 0 Å². The van der Waals surface area contributed by atoms with E-state index < -0.39 is 4.92 Å². The molecule has 1 aromatic carbocycles. The van der Waals surface area contributed by atoms with E-state index in [0.717, 1.165) is 17.4 Å². The third-order valence-electron chi connectivity index (χ3n) is 3.94. The van der Waals surface area contributed by atoms with E-state index in [4.69, 9.17) is 0 Å². The number of piperazine rings is 1. The van der Waals surface area contributed by atoms with Crippen molar-refractivity contribution < 1.29 is 9.72 Å². The SMILES string of the molecule is CCc1nsc(N2CCN(C(=O)c3ccc([N+](=O)[O-])cc3)CC2)n1. The molecule has 0 saturated carbocycles. The van der Waals surface area contributed by atoms with Gasteiger partial charge in [-0.2, -0.15) is 4.37 Å². The smallest absolute Gasteiger partial charge is 0.269 e. The Morgan fingerprint density at radius 3 is 2.46 bits per heavy atom. The number of nitro benzene ring substituents is 1. The maximum atomic E-state index is 12.5. The normalized spacial score (nSPS) is 14.7. The van der Waals surface area contributed by atoms with Gasteiger partial charge in [0.15, 0.2) is 0 Å². The van der Waals surface area contributed by atoms with Gasteiger partial charge in [0.25, 0.3) is 11.6 Å². The van der Waals surface area contributed by atoms with Gasteiger partial charge in [-0.1, -0.05) is 6.92 Å². The number of aryl methyl sites for hydroxylation is 1. The summed E-state index contributed by atoms with van der Waals surface area (Å²) in [7, 11) is 0. The van der Waals surface area contributed by atoms with Gasteiger partial charge in [-0.3, -0.25) is 14.9 Å². The van der Waals surface area contributed by atoms with E-state index in [2.05, 4.69) is 14.3 Å². The average molecular weight is 347 g/mol. The molecule has 0 atom stereocenters. The maximum absolute atomic E-state index is 12.5. The summed E-state index contributed by atoms with van der Waals surface area (Å²) >= 11 is 1.39. The van der Waals surface area contributed by atoms with E-state index in [1.807, 2.05) is 6.92 Å². The largest absolute Gasteiger partial charge is 0.343 e. The topological polar surface area (TPSA) is 92.5 Å². The van der Waals surface area contributed by atoms with E-state index in [-0.39, 0.29) is 11.6 Å². The summed E-state index contributed by atoms with van der Waals surface area (Å²) in [6.45, 7) is 4.62. The summed E-state index contributed by atoms with van der Waals surface area (Å²) < 4.78 is 4.29. The first-order valence-electron chi connectivity index (χ1n) is 7.69. The summed E-state index contributed by atoms with van der Waals surface area (Å²) in [5.74, 6) is 0.746. The number of carbonyl (C=O) groups is 1. The van der Waals surface area contributed by atoms with Crippen molar-refractivity contribution >= 4 is 28.3 Å². The highest BCUT2D eigenvalue weighted by atomic mass is 32.1. The number of hydrogen-bond acceptors (Lipinski definition) is 7. The van der Waals surface area contributed by atoms with E-state index >= 15 is 0 Å². The number of nitro groups is 1. The number of nitrogens with zero attached hydrogens (tertiary/aromatic N) is 5. The molecule has 0 unspecified atom stereocenters. The van der Waals surface area contributed by atoms with Crippen LogP contribution in [0.2, 0.25) is 0 Å². The van der Waals surface area contributed by atoms with Gasteiger partial charge < -0.3 is 9.80 Å². The molecule has 8 nitrogen and oxygen atoms in total. The first-order valence-corrected chi connectivity index (χ1v) is 8.47. The zero-order chi connectivity index (χ0) is 17.1. The zero-order valence-electron chi connectivity index (χ0n) is 13.2. The molecule has 1 aromatic heterocycles. The second kappa shape index (κ2) is 6.91. The minimum absolute atomic E-state index is 0.0145. The van der Waals surface area contributed by atoms with Gasteiger partial charge in [-0.05, 0) is 12.1 Å². The second-order valence-electron chi connectivity index (χ2n) is 5.43. The first-order chi connectivity index (χ1) is 11.6. The van der Waals surface area contributed by atoms with Crippen molar-refractivity contribution in [3.63, 3.8) is 0 Å². The average Bonchev–Trinajstić information content (AvgIpc) is 3.10. The number of non-ortho nitro benzene ring substituents is 1. The van der Waals surface area contributed by atoms with Gasteiger partial charge in [0, 0.05) is 61.8 Å². The number of benzene rings is 1. The Kier molecular flexibility index (Phi) is 4.70. The summed E-state index contributed by atoms with van der Waals surface area (Å²) in [5.41, 5.74) is 0.456. The van der Waals surface area contributed by atoms with Crippen LogP contribution in [0.4, 0.5) is 10.8 Å². The van der Waals surface area contributed by atoms with Gasteiger partial charge in [0.1, 0.15) is 5.82 Å². The van der Waals surface area contributed by atoms with Crippen molar-refractivity contribution in [3.05, 3.63) is 45.8 Å². The molecule has 1 fully saturated rings. The highest BCUT2D eigenvalue weighted by Crippen LogP contribution is 2.20. The van der Waals surface area contributed by atoms with Crippen LogP contribution in [-0.4, -0.2) is 51.3 Å². The number of anilines is 1. The van der Waals surface area contributed by atoms with Gasteiger partial charge in [0.05, 0.1) is 4.92 Å². The van der Waals surface area contributed by atoms with Crippen molar-refractivity contribution in [3.8, 4) is 0 Å². The lowest BCUT2D eigenvalue weighted by Crippen LogP contribution is -2.48. The first kappa shape index (κ1) is 16.3. The Labute approximate surface area is 143 Å². The number of amides is 1. The molecule has 1 saturated heterocycles. The molecule has 0 bridgehead atoms. The molecule has 2 heterocycles. The van der Waals surface area contributed by atoms with Crippen LogP contribution >= 0.6 is 11.5 Å². The number of aromatic nitrogens is 2. The van der Waals surface area contributed by atoms with Crippen molar-refractivity contribution in [1.29, 1.82) is 0 Å². The molecule has 0 radical (unpaired) electrons. The highest BCUT2D eigenvalue weighted by molar-refractivity contribution is 7.09. The fourth-order valence-corrected chi connectivity index (χ4v) is 3.33. The van der Waals surface area contributed by atoms with E-state index in [1.165, 1.54) is 35.8 Å². The second-order valence-corrected chi connectivity index (χ2v) is 6.16. The van der Waals surface area contributed by atoms with Gasteiger partial charge in [-0.25, -0.2) is 4.98 Å². The molecule has 1 amide bonds.